The number of hydrogen-bond donors (Lipinski definition) is 1. The first-order valence-corrected chi connectivity index (χ1v) is 5.69. The Morgan fingerprint density at radius 3 is 2.61 bits per heavy atom. The second-order valence-electron chi connectivity index (χ2n) is 4.84. The van der Waals surface area contributed by atoms with E-state index in [9.17, 15) is 4.79 Å². The van der Waals surface area contributed by atoms with Crippen molar-refractivity contribution in [3.63, 3.8) is 0 Å². The van der Waals surface area contributed by atoms with E-state index in [1.807, 2.05) is 44.2 Å². The van der Waals surface area contributed by atoms with Crippen LogP contribution in [0.15, 0.2) is 36.5 Å². The summed E-state index contributed by atoms with van der Waals surface area (Å²) in [5.74, 6) is -0.839. The molecule has 5 nitrogen and oxygen atoms in total. The minimum atomic E-state index is -0.839. The topological polar surface area (TPSA) is 68.0 Å². The lowest BCUT2D eigenvalue weighted by Gasteiger charge is -2.18. The number of rotatable bonds is 4. The first-order chi connectivity index (χ1) is 8.49. The molecule has 0 aliphatic carbocycles. The standard InChI is InChI=1S/C13H15N3O2/c1-13(2,8-12(17)18)11-9-16(15-14-11)10-6-4-3-5-7-10/h3-7,9H,8H2,1-2H3,(H,17,18). The van der Waals surface area contributed by atoms with E-state index in [-0.39, 0.29) is 6.42 Å². The van der Waals surface area contributed by atoms with Crippen LogP contribution in [0.2, 0.25) is 0 Å². The van der Waals surface area contributed by atoms with E-state index >= 15 is 0 Å². The molecular formula is C13H15N3O2. The number of carboxylic acids is 1. The van der Waals surface area contributed by atoms with Gasteiger partial charge in [-0.3, -0.25) is 4.79 Å². The van der Waals surface area contributed by atoms with Gasteiger partial charge in [0, 0.05) is 5.41 Å². The summed E-state index contributed by atoms with van der Waals surface area (Å²) in [6, 6.07) is 9.60. The van der Waals surface area contributed by atoms with Crippen LogP contribution in [-0.2, 0) is 10.2 Å². The van der Waals surface area contributed by atoms with Gasteiger partial charge in [-0.05, 0) is 12.1 Å². The Bertz CT molecular complexity index is 546. The number of hydrogen-bond acceptors (Lipinski definition) is 3. The van der Waals surface area contributed by atoms with Gasteiger partial charge in [-0.1, -0.05) is 37.3 Å². The lowest BCUT2D eigenvalue weighted by molar-refractivity contribution is -0.138. The SMILES string of the molecule is CC(C)(CC(=O)O)c1cn(-c2ccccc2)nn1. The molecule has 0 saturated heterocycles. The summed E-state index contributed by atoms with van der Waals surface area (Å²) >= 11 is 0. The highest BCUT2D eigenvalue weighted by Crippen LogP contribution is 2.25. The summed E-state index contributed by atoms with van der Waals surface area (Å²) in [6.45, 7) is 3.70. The summed E-state index contributed by atoms with van der Waals surface area (Å²) in [6.07, 6.45) is 1.80. The Labute approximate surface area is 105 Å². The van der Waals surface area contributed by atoms with Gasteiger partial charge >= 0.3 is 5.97 Å². The van der Waals surface area contributed by atoms with Crippen molar-refractivity contribution in [1.29, 1.82) is 0 Å². The molecule has 0 radical (unpaired) electrons. The molecule has 2 aromatic rings. The zero-order valence-corrected chi connectivity index (χ0v) is 10.4. The van der Waals surface area contributed by atoms with E-state index in [1.54, 1.807) is 10.9 Å². The first kappa shape index (κ1) is 12.3. The summed E-state index contributed by atoms with van der Waals surface area (Å²) in [4.78, 5) is 10.8. The fraction of sp³-hybridized carbons (Fsp3) is 0.308. The Kier molecular flexibility index (Phi) is 3.14. The van der Waals surface area contributed by atoms with E-state index in [4.69, 9.17) is 5.11 Å². The molecule has 0 atom stereocenters. The van der Waals surface area contributed by atoms with Crippen molar-refractivity contribution in [2.24, 2.45) is 0 Å². The molecule has 1 heterocycles. The normalized spacial score (nSPS) is 11.4. The molecule has 1 aromatic heterocycles. The number of aromatic nitrogens is 3. The van der Waals surface area contributed by atoms with Gasteiger partial charge in [0.2, 0.25) is 0 Å². The minimum Gasteiger partial charge on any atom is -0.481 e. The van der Waals surface area contributed by atoms with E-state index in [0.29, 0.717) is 5.69 Å². The summed E-state index contributed by atoms with van der Waals surface area (Å²) in [5.41, 5.74) is 1.05. The van der Waals surface area contributed by atoms with Gasteiger partial charge in [0.15, 0.2) is 0 Å². The van der Waals surface area contributed by atoms with Crippen LogP contribution in [0.5, 0.6) is 0 Å². The average molecular weight is 245 g/mol. The monoisotopic (exact) mass is 245 g/mol. The highest BCUT2D eigenvalue weighted by molar-refractivity contribution is 5.68. The minimum absolute atomic E-state index is 0.0283. The van der Waals surface area contributed by atoms with Crippen LogP contribution in [0, 0.1) is 0 Å². The average Bonchev–Trinajstić information content (AvgIpc) is 2.78. The molecule has 0 aliphatic rings. The Morgan fingerprint density at radius 1 is 1.33 bits per heavy atom. The number of nitrogens with zero attached hydrogens (tertiary/aromatic N) is 3. The van der Waals surface area contributed by atoms with Crippen LogP contribution in [0.25, 0.3) is 5.69 Å². The number of carbonyl (C=O) groups is 1. The zero-order chi connectivity index (χ0) is 13.2. The second-order valence-corrected chi connectivity index (χ2v) is 4.84. The summed E-state index contributed by atoms with van der Waals surface area (Å²) in [5, 5.41) is 17.0. The maximum absolute atomic E-state index is 10.8. The molecular weight excluding hydrogens is 230 g/mol. The lowest BCUT2D eigenvalue weighted by atomic mass is 9.86. The number of aliphatic carboxylic acids is 1. The van der Waals surface area contributed by atoms with Gasteiger partial charge in [-0.2, -0.15) is 0 Å². The number of carboxylic acid groups (broad SMARTS) is 1. The van der Waals surface area contributed by atoms with Crippen LogP contribution >= 0.6 is 0 Å². The predicted octanol–water partition coefficient (Wildman–Crippen LogP) is 2.02. The zero-order valence-electron chi connectivity index (χ0n) is 10.4. The molecule has 0 saturated carbocycles. The largest absolute Gasteiger partial charge is 0.481 e. The molecule has 0 aliphatic heterocycles. The van der Waals surface area contributed by atoms with Gasteiger partial charge in [0.1, 0.15) is 0 Å². The molecule has 18 heavy (non-hydrogen) atoms. The van der Waals surface area contributed by atoms with E-state index in [2.05, 4.69) is 10.3 Å². The number of para-hydroxylation sites is 1. The van der Waals surface area contributed by atoms with E-state index < -0.39 is 11.4 Å². The Morgan fingerprint density at radius 2 is 2.00 bits per heavy atom. The predicted molar refractivity (Wildman–Crippen MR) is 66.6 cm³/mol. The van der Waals surface area contributed by atoms with Gasteiger partial charge in [0.05, 0.1) is 24.0 Å². The van der Waals surface area contributed by atoms with Crippen LogP contribution in [0.1, 0.15) is 26.0 Å². The molecule has 0 fully saturated rings. The third-order valence-electron chi connectivity index (χ3n) is 2.80. The summed E-state index contributed by atoms with van der Waals surface area (Å²) in [7, 11) is 0. The van der Waals surface area contributed by atoms with Crippen molar-refractivity contribution in [2.75, 3.05) is 0 Å². The van der Waals surface area contributed by atoms with Crippen LogP contribution in [0.3, 0.4) is 0 Å². The van der Waals surface area contributed by atoms with Gasteiger partial charge in [0.25, 0.3) is 0 Å². The van der Waals surface area contributed by atoms with Crippen molar-refractivity contribution in [3.8, 4) is 5.69 Å². The van der Waals surface area contributed by atoms with Gasteiger partial charge in [-0.15, -0.1) is 5.10 Å². The molecule has 0 unspecified atom stereocenters. The molecule has 1 aromatic carbocycles. The van der Waals surface area contributed by atoms with E-state index in [1.165, 1.54) is 0 Å². The van der Waals surface area contributed by atoms with Gasteiger partial charge < -0.3 is 5.11 Å². The smallest absolute Gasteiger partial charge is 0.304 e. The molecule has 0 bridgehead atoms. The molecule has 0 amide bonds. The number of benzene rings is 1. The quantitative estimate of drug-likeness (QED) is 0.894. The van der Waals surface area contributed by atoms with E-state index in [0.717, 1.165) is 5.69 Å². The third-order valence-corrected chi connectivity index (χ3v) is 2.80. The van der Waals surface area contributed by atoms with Gasteiger partial charge in [-0.25, -0.2) is 4.68 Å². The van der Waals surface area contributed by atoms with Crippen molar-refractivity contribution >= 4 is 5.97 Å². The first-order valence-electron chi connectivity index (χ1n) is 5.69. The molecule has 2 rings (SSSR count). The van der Waals surface area contributed by atoms with Crippen LogP contribution < -0.4 is 0 Å². The highest BCUT2D eigenvalue weighted by Gasteiger charge is 2.27. The molecule has 0 spiro atoms. The summed E-state index contributed by atoms with van der Waals surface area (Å²) < 4.78 is 1.65. The van der Waals surface area contributed by atoms with Crippen molar-refractivity contribution < 1.29 is 9.90 Å². The molecule has 1 N–H and O–H groups in total. The maximum atomic E-state index is 10.8. The van der Waals surface area contributed by atoms with Crippen molar-refractivity contribution in [1.82, 2.24) is 15.0 Å². The molecule has 5 heteroatoms. The molecule has 94 valence electrons. The van der Waals surface area contributed by atoms with Crippen molar-refractivity contribution in [3.05, 3.63) is 42.2 Å². The Hall–Kier alpha value is -2.17. The lowest BCUT2D eigenvalue weighted by Crippen LogP contribution is -2.22. The third kappa shape index (κ3) is 2.56. The fourth-order valence-electron chi connectivity index (χ4n) is 1.75. The highest BCUT2D eigenvalue weighted by atomic mass is 16.4. The Balaban J connectivity index is 2.28. The fourth-order valence-corrected chi connectivity index (χ4v) is 1.75. The second kappa shape index (κ2) is 4.60. The maximum Gasteiger partial charge on any atom is 0.304 e. The van der Waals surface area contributed by atoms with Crippen LogP contribution in [0.4, 0.5) is 0 Å². The van der Waals surface area contributed by atoms with Crippen molar-refractivity contribution in [2.45, 2.75) is 25.7 Å². The van der Waals surface area contributed by atoms with Crippen LogP contribution in [-0.4, -0.2) is 26.1 Å².